The summed E-state index contributed by atoms with van der Waals surface area (Å²) in [7, 11) is 0. The lowest BCUT2D eigenvalue weighted by Gasteiger charge is -2.06. The summed E-state index contributed by atoms with van der Waals surface area (Å²) in [6, 6.07) is 6.44. The summed E-state index contributed by atoms with van der Waals surface area (Å²) in [5.41, 5.74) is 2.58. The fourth-order valence-electron chi connectivity index (χ4n) is 3.48. The van der Waals surface area contributed by atoms with E-state index in [-0.39, 0.29) is 18.1 Å². The van der Waals surface area contributed by atoms with E-state index in [1.54, 1.807) is 22.9 Å². The second-order valence-corrected chi connectivity index (χ2v) is 6.80. The molecule has 1 heterocycles. The normalized spacial score (nSPS) is 12.8. The molecule has 0 spiro atoms. The summed E-state index contributed by atoms with van der Waals surface area (Å²) in [5, 5.41) is 15.9. The SMILES string of the molecule is O=C(O)CCCCCCNC(=O)c1nn(-c2ccccc2F)c2c1CCC2. The number of carboxylic acid groups (broad SMARTS) is 1. The smallest absolute Gasteiger partial charge is 0.303 e. The van der Waals surface area contributed by atoms with Crippen LogP contribution in [0.3, 0.4) is 0 Å². The van der Waals surface area contributed by atoms with Crippen molar-refractivity contribution in [2.75, 3.05) is 6.54 Å². The van der Waals surface area contributed by atoms with Crippen LogP contribution in [0, 0.1) is 5.82 Å². The minimum Gasteiger partial charge on any atom is -0.481 e. The Bertz CT molecular complexity index is 832. The number of nitrogens with one attached hydrogen (secondary N) is 1. The van der Waals surface area contributed by atoms with Gasteiger partial charge in [-0.25, -0.2) is 9.07 Å². The lowest BCUT2D eigenvalue weighted by atomic mass is 10.1. The highest BCUT2D eigenvalue weighted by Gasteiger charge is 2.27. The number of aromatic nitrogens is 2. The van der Waals surface area contributed by atoms with Gasteiger partial charge in [-0.3, -0.25) is 9.59 Å². The van der Waals surface area contributed by atoms with Crippen molar-refractivity contribution in [2.24, 2.45) is 0 Å². The van der Waals surface area contributed by atoms with Gasteiger partial charge in [0.1, 0.15) is 11.5 Å². The molecule has 1 aliphatic carbocycles. The molecule has 7 heteroatoms. The van der Waals surface area contributed by atoms with E-state index < -0.39 is 5.97 Å². The number of unbranched alkanes of at least 4 members (excludes halogenated alkanes) is 3. The van der Waals surface area contributed by atoms with Crippen LogP contribution >= 0.6 is 0 Å². The van der Waals surface area contributed by atoms with Crippen molar-refractivity contribution >= 4 is 11.9 Å². The third kappa shape index (κ3) is 4.53. The summed E-state index contributed by atoms with van der Waals surface area (Å²) in [6.07, 6.45) is 5.84. The number of aliphatic carboxylic acids is 1. The van der Waals surface area contributed by atoms with Gasteiger partial charge in [-0.2, -0.15) is 5.10 Å². The van der Waals surface area contributed by atoms with Gasteiger partial charge >= 0.3 is 5.97 Å². The second kappa shape index (κ2) is 8.79. The molecular formula is C20H24FN3O3. The molecule has 1 aliphatic rings. The van der Waals surface area contributed by atoms with Crippen LogP contribution in [0.4, 0.5) is 4.39 Å². The highest BCUT2D eigenvalue weighted by atomic mass is 19.1. The van der Waals surface area contributed by atoms with Crippen molar-refractivity contribution in [1.82, 2.24) is 15.1 Å². The first-order valence-corrected chi connectivity index (χ1v) is 9.43. The van der Waals surface area contributed by atoms with E-state index in [1.165, 1.54) is 6.07 Å². The molecule has 0 aliphatic heterocycles. The summed E-state index contributed by atoms with van der Waals surface area (Å²) in [5.74, 6) is -1.36. The van der Waals surface area contributed by atoms with Crippen molar-refractivity contribution in [3.63, 3.8) is 0 Å². The zero-order valence-corrected chi connectivity index (χ0v) is 15.2. The molecule has 144 valence electrons. The van der Waals surface area contributed by atoms with Gasteiger partial charge < -0.3 is 10.4 Å². The number of carbonyl (C=O) groups excluding carboxylic acids is 1. The minimum atomic E-state index is -0.775. The van der Waals surface area contributed by atoms with Crippen LogP contribution in [0.5, 0.6) is 0 Å². The molecule has 6 nitrogen and oxygen atoms in total. The number of halogens is 1. The minimum absolute atomic E-state index is 0.186. The number of nitrogens with zero attached hydrogens (tertiary/aromatic N) is 2. The number of carbonyl (C=O) groups is 2. The van der Waals surface area contributed by atoms with E-state index in [2.05, 4.69) is 10.4 Å². The Balaban J connectivity index is 1.60. The van der Waals surface area contributed by atoms with Crippen LogP contribution in [0.15, 0.2) is 24.3 Å². The van der Waals surface area contributed by atoms with E-state index >= 15 is 0 Å². The van der Waals surface area contributed by atoms with Crippen molar-refractivity contribution in [3.8, 4) is 5.69 Å². The highest BCUT2D eigenvalue weighted by molar-refractivity contribution is 5.94. The van der Waals surface area contributed by atoms with Gasteiger partial charge in [0, 0.05) is 24.2 Å². The van der Waals surface area contributed by atoms with E-state index in [1.807, 2.05) is 0 Å². The second-order valence-electron chi connectivity index (χ2n) is 6.80. The van der Waals surface area contributed by atoms with E-state index in [0.29, 0.717) is 24.3 Å². The number of amides is 1. The molecule has 1 amide bonds. The summed E-state index contributed by atoms with van der Waals surface area (Å²) >= 11 is 0. The van der Waals surface area contributed by atoms with Gasteiger partial charge in [-0.15, -0.1) is 0 Å². The Morgan fingerprint density at radius 3 is 2.70 bits per heavy atom. The largest absolute Gasteiger partial charge is 0.481 e. The Hall–Kier alpha value is -2.70. The van der Waals surface area contributed by atoms with E-state index in [9.17, 15) is 14.0 Å². The first kappa shape index (κ1) is 19.1. The van der Waals surface area contributed by atoms with Crippen LogP contribution in [-0.4, -0.2) is 33.3 Å². The zero-order valence-electron chi connectivity index (χ0n) is 15.2. The van der Waals surface area contributed by atoms with Crippen molar-refractivity contribution < 1.29 is 19.1 Å². The average molecular weight is 373 g/mol. The Kier molecular flexibility index (Phi) is 6.21. The summed E-state index contributed by atoms with van der Waals surface area (Å²) in [6.45, 7) is 0.521. The molecule has 2 aromatic rings. The van der Waals surface area contributed by atoms with Gasteiger partial charge in [-0.05, 0) is 44.2 Å². The first-order chi connectivity index (χ1) is 13.1. The standard InChI is InChI=1S/C20H24FN3O3/c21-15-9-4-5-10-17(15)24-16-11-7-8-14(16)19(23-24)20(27)22-13-6-2-1-3-12-18(25)26/h4-5,9-10H,1-3,6-8,11-13H2,(H,22,27)(H,25,26). The Morgan fingerprint density at radius 1 is 1.15 bits per heavy atom. The molecule has 0 saturated carbocycles. The highest BCUT2D eigenvalue weighted by Crippen LogP contribution is 2.28. The monoisotopic (exact) mass is 373 g/mol. The number of rotatable bonds is 9. The van der Waals surface area contributed by atoms with E-state index in [0.717, 1.165) is 49.8 Å². The molecule has 1 aromatic carbocycles. The molecule has 0 radical (unpaired) electrons. The third-order valence-corrected chi connectivity index (χ3v) is 4.83. The van der Waals surface area contributed by atoms with Crippen LogP contribution in [0.2, 0.25) is 0 Å². The average Bonchev–Trinajstić information content (AvgIpc) is 3.23. The number of benzene rings is 1. The van der Waals surface area contributed by atoms with Crippen LogP contribution in [-0.2, 0) is 17.6 Å². The van der Waals surface area contributed by atoms with Crippen molar-refractivity contribution in [3.05, 3.63) is 47.0 Å². The topological polar surface area (TPSA) is 84.2 Å². The fraction of sp³-hybridized carbons (Fsp3) is 0.450. The molecule has 0 fully saturated rings. The van der Waals surface area contributed by atoms with Gasteiger partial charge in [0.2, 0.25) is 0 Å². The first-order valence-electron chi connectivity index (χ1n) is 9.43. The number of hydrogen-bond donors (Lipinski definition) is 2. The molecule has 0 unspecified atom stereocenters. The predicted molar refractivity (Wildman–Crippen MR) is 98.6 cm³/mol. The van der Waals surface area contributed by atoms with Gasteiger partial charge in [0.15, 0.2) is 5.69 Å². The lowest BCUT2D eigenvalue weighted by Crippen LogP contribution is -2.26. The maximum atomic E-state index is 14.2. The van der Waals surface area contributed by atoms with Crippen LogP contribution in [0.1, 0.15) is 60.3 Å². The summed E-state index contributed by atoms with van der Waals surface area (Å²) < 4.78 is 15.7. The van der Waals surface area contributed by atoms with Gasteiger partial charge in [0.25, 0.3) is 5.91 Å². The maximum Gasteiger partial charge on any atom is 0.303 e. The number of hydrogen-bond acceptors (Lipinski definition) is 3. The van der Waals surface area contributed by atoms with E-state index in [4.69, 9.17) is 5.11 Å². The quantitative estimate of drug-likeness (QED) is 0.661. The molecule has 1 aromatic heterocycles. The molecule has 2 N–H and O–H groups in total. The van der Waals surface area contributed by atoms with Crippen LogP contribution < -0.4 is 5.32 Å². The predicted octanol–water partition coefficient (Wildman–Crippen LogP) is 3.27. The van der Waals surface area contributed by atoms with Crippen molar-refractivity contribution in [1.29, 1.82) is 0 Å². The number of carboxylic acids is 1. The Labute approximate surface area is 157 Å². The Morgan fingerprint density at radius 2 is 1.93 bits per heavy atom. The molecule has 0 bridgehead atoms. The third-order valence-electron chi connectivity index (χ3n) is 4.83. The van der Waals surface area contributed by atoms with Crippen LogP contribution in [0.25, 0.3) is 5.69 Å². The van der Waals surface area contributed by atoms with Gasteiger partial charge in [0.05, 0.1) is 0 Å². The molecule has 0 saturated heterocycles. The number of para-hydroxylation sites is 1. The van der Waals surface area contributed by atoms with Crippen molar-refractivity contribution in [2.45, 2.75) is 51.4 Å². The zero-order chi connectivity index (χ0) is 19.2. The summed E-state index contributed by atoms with van der Waals surface area (Å²) in [4.78, 5) is 23.0. The molecule has 27 heavy (non-hydrogen) atoms. The van der Waals surface area contributed by atoms with Gasteiger partial charge in [-0.1, -0.05) is 25.0 Å². The number of fused-ring (bicyclic) bond motifs is 1. The molecular weight excluding hydrogens is 349 g/mol. The molecule has 0 atom stereocenters. The lowest BCUT2D eigenvalue weighted by molar-refractivity contribution is -0.137. The fourth-order valence-corrected chi connectivity index (χ4v) is 3.48. The maximum absolute atomic E-state index is 14.2. The molecule has 3 rings (SSSR count).